The first-order valence-electron chi connectivity index (χ1n) is 5.90. The van der Waals surface area contributed by atoms with E-state index in [0.29, 0.717) is 18.0 Å². The van der Waals surface area contributed by atoms with Gasteiger partial charge in [0.2, 0.25) is 0 Å². The first kappa shape index (κ1) is 12.8. The number of hydrogen-bond acceptors (Lipinski definition) is 2. The van der Waals surface area contributed by atoms with Crippen molar-refractivity contribution in [1.82, 2.24) is 0 Å². The summed E-state index contributed by atoms with van der Waals surface area (Å²) in [6.45, 7) is 6.26. The van der Waals surface area contributed by atoms with Gasteiger partial charge in [0, 0.05) is 17.7 Å². The van der Waals surface area contributed by atoms with Gasteiger partial charge in [-0.3, -0.25) is 4.79 Å². The summed E-state index contributed by atoms with van der Waals surface area (Å²) in [5.41, 5.74) is 8.18. The Bertz CT molecular complexity index is 369. The molecule has 0 saturated carbocycles. The van der Waals surface area contributed by atoms with E-state index in [-0.39, 0.29) is 5.78 Å². The monoisotopic (exact) mass is 219 g/mol. The lowest BCUT2D eigenvalue weighted by atomic mass is 9.98. The number of carbonyl (C=O) groups is 1. The van der Waals surface area contributed by atoms with Crippen LogP contribution in [-0.2, 0) is 0 Å². The molecule has 0 radical (unpaired) electrons. The molecule has 1 aromatic carbocycles. The smallest absolute Gasteiger partial charge is 0.163 e. The van der Waals surface area contributed by atoms with Crippen LogP contribution in [0.5, 0.6) is 0 Å². The van der Waals surface area contributed by atoms with E-state index in [2.05, 4.69) is 13.8 Å². The lowest BCUT2D eigenvalue weighted by Crippen LogP contribution is -2.04. The summed E-state index contributed by atoms with van der Waals surface area (Å²) < 4.78 is 0. The van der Waals surface area contributed by atoms with Gasteiger partial charge in [0.25, 0.3) is 0 Å². The Morgan fingerprint density at radius 3 is 2.69 bits per heavy atom. The van der Waals surface area contributed by atoms with Gasteiger partial charge in [-0.25, -0.2) is 0 Å². The molecule has 0 atom stereocenters. The third-order valence-electron chi connectivity index (χ3n) is 2.86. The van der Waals surface area contributed by atoms with Gasteiger partial charge in [-0.2, -0.15) is 0 Å². The Hall–Kier alpha value is -1.31. The fraction of sp³-hybridized carbons (Fsp3) is 0.500. The van der Waals surface area contributed by atoms with Crippen molar-refractivity contribution in [2.45, 2.75) is 40.0 Å². The summed E-state index contributed by atoms with van der Waals surface area (Å²) >= 11 is 0. The normalized spacial score (nSPS) is 10.8. The van der Waals surface area contributed by atoms with Crippen molar-refractivity contribution < 1.29 is 4.79 Å². The number of benzene rings is 1. The quantitative estimate of drug-likeness (QED) is 0.607. The molecule has 2 N–H and O–H groups in total. The summed E-state index contributed by atoms with van der Waals surface area (Å²) in [5, 5.41) is 0. The molecule has 16 heavy (non-hydrogen) atoms. The van der Waals surface area contributed by atoms with Crippen molar-refractivity contribution in [2.75, 3.05) is 5.73 Å². The molecule has 2 heteroatoms. The van der Waals surface area contributed by atoms with Gasteiger partial charge >= 0.3 is 0 Å². The first-order valence-corrected chi connectivity index (χ1v) is 5.90. The molecule has 1 rings (SSSR count). The molecule has 0 heterocycles. The number of rotatable bonds is 5. The Morgan fingerprint density at radius 2 is 2.06 bits per heavy atom. The molecule has 0 fully saturated rings. The van der Waals surface area contributed by atoms with E-state index < -0.39 is 0 Å². The SMILES string of the molecule is Cc1c(N)cccc1C(=O)CCCC(C)C. The minimum absolute atomic E-state index is 0.213. The highest BCUT2D eigenvalue weighted by Gasteiger charge is 2.10. The summed E-state index contributed by atoms with van der Waals surface area (Å²) in [7, 11) is 0. The van der Waals surface area contributed by atoms with Crippen molar-refractivity contribution in [3.8, 4) is 0 Å². The van der Waals surface area contributed by atoms with Crippen LogP contribution in [0.3, 0.4) is 0 Å². The molecule has 2 nitrogen and oxygen atoms in total. The highest BCUT2D eigenvalue weighted by Crippen LogP contribution is 2.18. The molecule has 0 aromatic heterocycles. The molecule has 88 valence electrons. The molecule has 0 unspecified atom stereocenters. The third-order valence-corrected chi connectivity index (χ3v) is 2.86. The van der Waals surface area contributed by atoms with E-state index in [1.54, 1.807) is 0 Å². The van der Waals surface area contributed by atoms with Crippen LogP contribution in [0, 0.1) is 12.8 Å². The Labute approximate surface area is 97.9 Å². The third kappa shape index (κ3) is 3.37. The van der Waals surface area contributed by atoms with Gasteiger partial charge < -0.3 is 5.73 Å². The second kappa shape index (κ2) is 5.69. The zero-order valence-corrected chi connectivity index (χ0v) is 10.4. The fourth-order valence-electron chi connectivity index (χ4n) is 1.76. The molecular formula is C14H21NO. The van der Waals surface area contributed by atoms with E-state index in [1.807, 2.05) is 25.1 Å². The largest absolute Gasteiger partial charge is 0.398 e. The average Bonchev–Trinajstić information content (AvgIpc) is 2.21. The molecule has 0 spiro atoms. The average molecular weight is 219 g/mol. The van der Waals surface area contributed by atoms with Gasteiger partial charge in [0.1, 0.15) is 0 Å². The Kier molecular flexibility index (Phi) is 4.53. The van der Waals surface area contributed by atoms with Crippen molar-refractivity contribution in [1.29, 1.82) is 0 Å². The minimum atomic E-state index is 0.213. The predicted octanol–water partition coefficient (Wildman–Crippen LogP) is 3.59. The highest BCUT2D eigenvalue weighted by atomic mass is 16.1. The number of anilines is 1. The van der Waals surface area contributed by atoms with Crippen LogP contribution >= 0.6 is 0 Å². The van der Waals surface area contributed by atoms with Crippen molar-refractivity contribution in [3.05, 3.63) is 29.3 Å². The molecule has 0 aliphatic rings. The lowest BCUT2D eigenvalue weighted by Gasteiger charge is -2.08. The number of hydrogen-bond donors (Lipinski definition) is 1. The molecule has 1 aromatic rings. The van der Waals surface area contributed by atoms with Crippen molar-refractivity contribution >= 4 is 11.5 Å². The number of Topliss-reactive ketones (excluding diaryl/α,β-unsaturated/α-hetero) is 1. The Morgan fingerprint density at radius 1 is 1.38 bits per heavy atom. The van der Waals surface area contributed by atoms with Crippen LogP contribution in [0.4, 0.5) is 5.69 Å². The molecular weight excluding hydrogens is 198 g/mol. The van der Waals surface area contributed by atoms with Crippen LogP contribution in [0.2, 0.25) is 0 Å². The van der Waals surface area contributed by atoms with Crippen LogP contribution < -0.4 is 5.73 Å². The maximum atomic E-state index is 11.9. The topological polar surface area (TPSA) is 43.1 Å². The molecule has 0 aliphatic carbocycles. The summed E-state index contributed by atoms with van der Waals surface area (Å²) in [6.07, 6.45) is 2.69. The number of nitrogen functional groups attached to an aromatic ring is 1. The van der Waals surface area contributed by atoms with Gasteiger partial charge in [-0.1, -0.05) is 32.4 Å². The van der Waals surface area contributed by atoms with E-state index >= 15 is 0 Å². The van der Waals surface area contributed by atoms with Crippen LogP contribution in [-0.4, -0.2) is 5.78 Å². The second-order valence-corrected chi connectivity index (χ2v) is 4.73. The van der Waals surface area contributed by atoms with Crippen LogP contribution in [0.15, 0.2) is 18.2 Å². The van der Waals surface area contributed by atoms with E-state index in [4.69, 9.17) is 5.73 Å². The molecule has 0 saturated heterocycles. The fourth-order valence-corrected chi connectivity index (χ4v) is 1.76. The van der Waals surface area contributed by atoms with Crippen LogP contribution in [0.1, 0.15) is 49.0 Å². The number of carbonyl (C=O) groups excluding carboxylic acids is 1. The van der Waals surface area contributed by atoms with E-state index in [0.717, 1.165) is 24.0 Å². The van der Waals surface area contributed by atoms with E-state index in [9.17, 15) is 4.79 Å². The van der Waals surface area contributed by atoms with Crippen molar-refractivity contribution in [3.63, 3.8) is 0 Å². The number of nitrogens with two attached hydrogens (primary N) is 1. The first-order chi connectivity index (χ1) is 7.52. The molecule has 0 aliphatic heterocycles. The van der Waals surface area contributed by atoms with Gasteiger partial charge in [-0.15, -0.1) is 0 Å². The summed E-state index contributed by atoms with van der Waals surface area (Å²) in [6, 6.07) is 5.54. The highest BCUT2D eigenvalue weighted by molar-refractivity contribution is 5.98. The zero-order valence-electron chi connectivity index (χ0n) is 10.4. The second-order valence-electron chi connectivity index (χ2n) is 4.73. The predicted molar refractivity (Wildman–Crippen MR) is 68.6 cm³/mol. The number of ketones is 1. The van der Waals surface area contributed by atoms with Gasteiger partial charge in [0.15, 0.2) is 5.78 Å². The van der Waals surface area contributed by atoms with Gasteiger partial charge in [-0.05, 0) is 30.9 Å². The summed E-state index contributed by atoms with van der Waals surface area (Å²) in [5.74, 6) is 0.875. The maximum absolute atomic E-state index is 11.9. The standard InChI is InChI=1S/C14H21NO/c1-10(2)6-4-9-14(16)12-7-5-8-13(15)11(12)3/h5,7-8,10H,4,6,9,15H2,1-3H3. The van der Waals surface area contributed by atoms with E-state index in [1.165, 1.54) is 0 Å². The van der Waals surface area contributed by atoms with Crippen molar-refractivity contribution in [2.24, 2.45) is 5.92 Å². The summed E-state index contributed by atoms with van der Waals surface area (Å²) in [4.78, 5) is 11.9. The zero-order chi connectivity index (χ0) is 12.1. The minimum Gasteiger partial charge on any atom is -0.398 e. The Balaban J connectivity index is 2.63. The molecule has 0 amide bonds. The maximum Gasteiger partial charge on any atom is 0.163 e. The van der Waals surface area contributed by atoms with Gasteiger partial charge in [0.05, 0.1) is 0 Å². The lowest BCUT2D eigenvalue weighted by molar-refractivity contribution is 0.0977. The van der Waals surface area contributed by atoms with Crippen LogP contribution in [0.25, 0.3) is 0 Å². The molecule has 0 bridgehead atoms.